The molecule has 16 heavy (non-hydrogen) atoms. The van der Waals surface area contributed by atoms with Gasteiger partial charge in [-0.3, -0.25) is 0 Å². The molecule has 84 valence electrons. The van der Waals surface area contributed by atoms with E-state index < -0.39 is 0 Å². The van der Waals surface area contributed by atoms with Gasteiger partial charge in [-0.2, -0.15) is 0 Å². The molecule has 0 aromatic carbocycles. The van der Waals surface area contributed by atoms with Crippen LogP contribution in [0.4, 0.5) is 0 Å². The van der Waals surface area contributed by atoms with Crippen molar-refractivity contribution in [3.63, 3.8) is 0 Å². The lowest BCUT2D eigenvalue weighted by Gasteiger charge is -2.31. The lowest BCUT2D eigenvalue weighted by molar-refractivity contribution is 0.310. The lowest BCUT2D eigenvalue weighted by atomic mass is 9.79. The van der Waals surface area contributed by atoms with Gasteiger partial charge in [-0.25, -0.2) is 4.99 Å². The van der Waals surface area contributed by atoms with Gasteiger partial charge in [0.15, 0.2) is 5.82 Å². The second kappa shape index (κ2) is 3.51. The van der Waals surface area contributed by atoms with Crippen molar-refractivity contribution in [2.24, 2.45) is 16.6 Å². The minimum absolute atomic E-state index is 0.513. The summed E-state index contributed by atoms with van der Waals surface area (Å²) in [7, 11) is 0. The number of hydrogen-bond acceptors (Lipinski definition) is 3. The normalized spacial score (nSPS) is 28.3. The minimum Gasteiger partial charge on any atom is -0.456 e. The van der Waals surface area contributed by atoms with Crippen LogP contribution >= 0.6 is 0 Å². The Hall–Kier alpha value is -1.51. The van der Waals surface area contributed by atoms with Gasteiger partial charge >= 0.3 is 0 Å². The Morgan fingerprint density at radius 3 is 3.19 bits per heavy atom. The summed E-state index contributed by atoms with van der Waals surface area (Å²) in [5.41, 5.74) is 8.14. The van der Waals surface area contributed by atoms with E-state index in [1.807, 2.05) is 6.92 Å². The van der Waals surface area contributed by atoms with Crippen LogP contribution in [0, 0.1) is 5.92 Å². The van der Waals surface area contributed by atoms with Crippen LogP contribution in [0.3, 0.4) is 0 Å². The molecule has 0 amide bonds. The number of fused-ring (bicyclic) bond motifs is 3. The fourth-order valence-corrected chi connectivity index (χ4v) is 2.59. The zero-order chi connectivity index (χ0) is 11.1. The number of allylic oxidation sites excluding steroid dienone is 4. The van der Waals surface area contributed by atoms with Crippen LogP contribution in [-0.2, 0) is 4.74 Å². The van der Waals surface area contributed by atoms with Crippen molar-refractivity contribution in [1.82, 2.24) is 0 Å². The summed E-state index contributed by atoms with van der Waals surface area (Å²) in [4.78, 5) is 4.48. The van der Waals surface area contributed by atoms with E-state index in [9.17, 15) is 0 Å². The summed E-state index contributed by atoms with van der Waals surface area (Å²) in [6.07, 6.45) is 9.24. The van der Waals surface area contributed by atoms with Crippen LogP contribution in [0.2, 0.25) is 0 Å². The standard InChI is InChI=1S/C13H16N2O/c1-8-13(14)15-12-10-5-3-2-4-9(10)6-7-11(12)16-8/h5,7,9H,2-4,6,14H2,1H3. The molecule has 3 nitrogen and oxygen atoms in total. The van der Waals surface area contributed by atoms with Crippen molar-refractivity contribution in [2.45, 2.75) is 32.6 Å². The average molecular weight is 216 g/mol. The Kier molecular flexibility index (Phi) is 2.13. The van der Waals surface area contributed by atoms with Crippen LogP contribution in [0.5, 0.6) is 0 Å². The Balaban J connectivity index is 2.07. The number of ether oxygens (including phenoxy) is 1. The van der Waals surface area contributed by atoms with Gasteiger partial charge in [0.05, 0.1) is 0 Å². The van der Waals surface area contributed by atoms with E-state index in [4.69, 9.17) is 10.5 Å². The Morgan fingerprint density at radius 1 is 1.44 bits per heavy atom. The molecule has 1 unspecified atom stereocenters. The molecule has 0 bridgehead atoms. The third-order valence-electron chi connectivity index (χ3n) is 3.51. The first-order chi connectivity index (χ1) is 7.75. The van der Waals surface area contributed by atoms with Crippen molar-refractivity contribution in [3.8, 4) is 0 Å². The van der Waals surface area contributed by atoms with Crippen LogP contribution < -0.4 is 5.73 Å². The first-order valence-electron chi connectivity index (χ1n) is 5.89. The van der Waals surface area contributed by atoms with Gasteiger partial charge in [0.2, 0.25) is 0 Å². The van der Waals surface area contributed by atoms with Crippen molar-refractivity contribution in [1.29, 1.82) is 0 Å². The van der Waals surface area contributed by atoms with Crippen molar-refractivity contribution >= 4 is 5.71 Å². The van der Waals surface area contributed by atoms with Crippen molar-refractivity contribution in [3.05, 3.63) is 35.1 Å². The van der Waals surface area contributed by atoms with Crippen molar-refractivity contribution < 1.29 is 4.74 Å². The van der Waals surface area contributed by atoms with Gasteiger partial charge in [0, 0.05) is 0 Å². The molecule has 1 atom stereocenters. The van der Waals surface area contributed by atoms with E-state index in [0.29, 0.717) is 17.5 Å². The predicted molar refractivity (Wildman–Crippen MR) is 63.5 cm³/mol. The quantitative estimate of drug-likeness (QED) is 0.676. The third kappa shape index (κ3) is 1.39. The van der Waals surface area contributed by atoms with Crippen LogP contribution in [-0.4, -0.2) is 5.71 Å². The van der Waals surface area contributed by atoms with Gasteiger partial charge in [-0.1, -0.05) is 6.08 Å². The predicted octanol–water partition coefficient (Wildman–Crippen LogP) is 2.62. The summed E-state index contributed by atoms with van der Waals surface area (Å²) in [6, 6.07) is 0. The van der Waals surface area contributed by atoms with Gasteiger partial charge in [0.25, 0.3) is 0 Å². The lowest BCUT2D eigenvalue weighted by Crippen LogP contribution is -2.26. The summed E-state index contributed by atoms with van der Waals surface area (Å²) in [5, 5.41) is 0. The van der Waals surface area contributed by atoms with Gasteiger partial charge in [-0.15, -0.1) is 0 Å². The monoisotopic (exact) mass is 216 g/mol. The summed E-state index contributed by atoms with van der Waals surface area (Å²) in [6.45, 7) is 1.86. The first-order valence-corrected chi connectivity index (χ1v) is 5.89. The minimum atomic E-state index is 0.513. The Bertz CT molecular complexity index is 455. The van der Waals surface area contributed by atoms with E-state index in [1.165, 1.54) is 18.4 Å². The van der Waals surface area contributed by atoms with E-state index in [2.05, 4.69) is 17.1 Å². The zero-order valence-corrected chi connectivity index (χ0v) is 9.49. The number of nitrogens with zero attached hydrogens (tertiary/aromatic N) is 1. The fraction of sp³-hybridized carbons (Fsp3) is 0.462. The molecule has 3 rings (SSSR count). The molecule has 1 aliphatic heterocycles. The topological polar surface area (TPSA) is 47.6 Å². The average Bonchev–Trinajstić information content (AvgIpc) is 2.31. The fourth-order valence-electron chi connectivity index (χ4n) is 2.59. The molecule has 2 N–H and O–H groups in total. The summed E-state index contributed by atoms with van der Waals surface area (Å²) < 4.78 is 5.70. The SMILES string of the molecule is CC1=C(N)N=C2C(=CCC3CCCC=C23)O1. The van der Waals surface area contributed by atoms with Crippen molar-refractivity contribution in [2.75, 3.05) is 0 Å². The molecule has 0 spiro atoms. The maximum absolute atomic E-state index is 5.82. The molecule has 3 heteroatoms. The molecule has 3 aliphatic rings. The molecule has 0 aromatic rings. The van der Waals surface area contributed by atoms with Gasteiger partial charge < -0.3 is 10.5 Å². The van der Waals surface area contributed by atoms with Crippen LogP contribution in [0.1, 0.15) is 32.6 Å². The maximum atomic E-state index is 5.82. The van der Waals surface area contributed by atoms with E-state index in [-0.39, 0.29) is 0 Å². The molecular formula is C13H16N2O. The zero-order valence-electron chi connectivity index (χ0n) is 9.49. The number of nitrogens with two attached hydrogens (primary N) is 1. The molecule has 0 fully saturated rings. The van der Waals surface area contributed by atoms with E-state index in [0.717, 1.165) is 24.3 Å². The van der Waals surface area contributed by atoms with E-state index in [1.54, 1.807) is 0 Å². The van der Waals surface area contributed by atoms with Gasteiger partial charge in [-0.05, 0) is 50.2 Å². The number of hydrogen-bond donors (Lipinski definition) is 1. The second-order valence-corrected chi connectivity index (χ2v) is 4.60. The molecule has 0 radical (unpaired) electrons. The highest BCUT2D eigenvalue weighted by Crippen LogP contribution is 2.37. The molecule has 0 aromatic heterocycles. The molecular weight excluding hydrogens is 200 g/mol. The third-order valence-corrected chi connectivity index (χ3v) is 3.51. The molecule has 0 saturated carbocycles. The Labute approximate surface area is 95.4 Å². The first kappa shape index (κ1) is 9.70. The van der Waals surface area contributed by atoms with Crippen LogP contribution in [0.25, 0.3) is 0 Å². The smallest absolute Gasteiger partial charge is 0.162 e. The Morgan fingerprint density at radius 2 is 2.31 bits per heavy atom. The van der Waals surface area contributed by atoms with Crippen LogP contribution in [0.15, 0.2) is 40.1 Å². The number of aliphatic imine (C=N–C) groups is 1. The maximum Gasteiger partial charge on any atom is 0.162 e. The molecule has 1 heterocycles. The highest BCUT2D eigenvalue weighted by Gasteiger charge is 2.30. The number of rotatable bonds is 0. The molecule has 2 aliphatic carbocycles. The highest BCUT2D eigenvalue weighted by molar-refractivity contribution is 6.13. The largest absolute Gasteiger partial charge is 0.456 e. The highest BCUT2D eigenvalue weighted by atomic mass is 16.5. The van der Waals surface area contributed by atoms with Gasteiger partial charge in [0.1, 0.15) is 17.2 Å². The second-order valence-electron chi connectivity index (χ2n) is 4.60. The summed E-state index contributed by atoms with van der Waals surface area (Å²) in [5.74, 6) is 2.76. The summed E-state index contributed by atoms with van der Waals surface area (Å²) >= 11 is 0. The molecule has 0 saturated heterocycles. The van der Waals surface area contributed by atoms with E-state index >= 15 is 0 Å².